The summed E-state index contributed by atoms with van der Waals surface area (Å²) >= 11 is 1.46. The third kappa shape index (κ3) is 3.58. The minimum Gasteiger partial charge on any atom is -0.379 e. The molecule has 0 unspecified atom stereocenters. The Bertz CT molecular complexity index is 636. The van der Waals surface area contributed by atoms with Crippen molar-refractivity contribution in [3.63, 3.8) is 0 Å². The maximum Gasteiger partial charge on any atom is 0.227 e. The Balaban J connectivity index is 1.66. The Morgan fingerprint density at radius 3 is 3.00 bits per heavy atom. The van der Waals surface area contributed by atoms with E-state index in [2.05, 4.69) is 14.9 Å². The van der Waals surface area contributed by atoms with E-state index in [4.69, 9.17) is 5.73 Å². The molecule has 0 bridgehead atoms. The molecule has 21 heavy (non-hydrogen) atoms. The van der Waals surface area contributed by atoms with Gasteiger partial charge in [-0.3, -0.25) is 4.79 Å². The molecule has 1 fully saturated rings. The molecular weight excluding hydrogens is 284 g/mol. The molecule has 1 aliphatic carbocycles. The Morgan fingerprint density at radius 1 is 1.43 bits per heavy atom. The molecule has 0 atom stereocenters. The minimum atomic E-state index is -0.304. The lowest BCUT2D eigenvalue weighted by molar-refractivity contribution is -0.115. The Kier molecular flexibility index (Phi) is 4.15. The van der Waals surface area contributed by atoms with Crippen LogP contribution in [0.1, 0.15) is 24.6 Å². The third-order valence-electron chi connectivity index (χ3n) is 3.40. The molecule has 1 aromatic heterocycles. The number of anilines is 1. The molecule has 0 aliphatic heterocycles. The van der Waals surface area contributed by atoms with Crippen LogP contribution < -0.4 is 11.1 Å². The molecule has 3 N–H and O–H groups in total. The molecular formula is C15H18N4OS. The van der Waals surface area contributed by atoms with Gasteiger partial charge in [0.1, 0.15) is 0 Å². The molecule has 2 aromatic rings. The average molecular weight is 302 g/mol. The van der Waals surface area contributed by atoms with Crippen LogP contribution in [0, 0.1) is 0 Å². The van der Waals surface area contributed by atoms with Crippen molar-refractivity contribution in [3.05, 3.63) is 42.5 Å². The van der Waals surface area contributed by atoms with Crippen molar-refractivity contribution in [1.82, 2.24) is 9.55 Å². The summed E-state index contributed by atoms with van der Waals surface area (Å²) in [5.41, 5.74) is 7.42. The van der Waals surface area contributed by atoms with Crippen LogP contribution in [0.2, 0.25) is 0 Å². The summed E-state index contributed by atoms with van der Waals surface area (Å²) in [4.78, 5) is 16.2. The maximum absolute atomic E-state index is 10.9. The fourth-order valence-corrected chi connectivity index (χ4v) is 2.99. The van der Waals surface area contributed by atoms with Crippen molar-refractivity contribution in [2.24, 2.45) is 5.73 Å². The fraction of sp³-hybridized carbons (Fsp3) is 0.333. The van der Waals surface area contributed by atoms with Crippen molar-refractivity contribution >= 4 is 23.4 Å². The van der Waals surface area contributed by atoms with Gasteiger partial charge in [-0.05, 0) is 25.0 Å². The standard InChI is InChI=1S/C15H18N4OS/c16-15(20)9-21-14-4-2-1-3-13(14)18-8-12-7-17-10-19(12)11-5-6-11/h1-4,7,10-11,18H,5-6,8-9H2,(H2,16,20). The van der Waals surface area contributed by atoms with Gasteiger partial charge >= 0.3 is 0 Å². The normalized spacial score (nSPS) is 14.1. The Labute approximate surface area is 127 Å². The van der Waals surface area contributed by atoms with Gasteiger partial charge in [-0.2, -0.15) is 0 Å². The second-order valence-corrected chi connectivity index (χ2v) is 6.15. The molecule has 0 saturated heterocycles. The molecule has 6 heteroatoms. The lowest BCUT2D eigenvalue weighted by atomic mass is 10.3. The first-order valence-corrected chi connectivity index (χ1v) is 7.97. The van der Waals surface area contributed by atoms with Crippen LogP contribution in [0.4, 0.5) is 5.69 Å². The minimum absolute atomic E-state index is 0.290. The fourth-order valence-electron chi connectivity index (χ4n) is 2.22. The highest BCUT2D eigenvalue weighted by Crippen LogP contribution is 2.36. The number of hydrogen-bond donors (Lipinski definition) is 2. The molecule has 0 radical (unpaired) electrons. The molecule has 0 spiro atoms. The highest BCUT2D eigenvalue weighted by atomic mass is 32.2. The number of para-hydroxylation sites is 1. The number of benzene rings is 1. The van der Waals surface area contributed by atoms with E-state index in [1.165, 1.54) is 30.3 Å². The summed E-state index contributed by atoms with van der Waals surface area (Å²) in [6, 6.07) is 8.58. The number of amides is 1. The largest absolute Gasteiger partial charge is 0.379 e. The van der Waals surface area contributed by atoms with Gasteiger partial charge in [-0.15, -0.1) is 11.8 Å². The van der Waals surface area contributed by atoms with Gasteiger partial charge in [0.15, 0.2) is 0 Å². The van der Waals surface area contributed by atoms with Crippen LogP contribution in [0.5, 0.6) is 0 Å². The number of rotatable bonds is 7. The molecule has 1 aliphatic rings. The summed E-state index contributed by atoms with van der Waals surface area (Å²) in [5.74, 6) is -0.0137. The quantitative estimate of drug-likeness (QED) is 0.770. The van der Waals surface area contributed by atoms with Crippen LogP contribution in [0.25, 0.3) is 0 Å². The number of primary amides is 1. The Hall–Kier alpha value is -1.95. The molecule has 1 saturated carbocycles. The molecule has 1 amide bonds. The summed E-state index contributed by atoms with van der Waals surface area (Å²) in [5, 5.41) is 3.43. The predicted molar refractivity (Wildman–Crippen MR) is 84.2 cm³/mol. The smallest absolute Gasteiger partial charge is 0.227 e. The second kappa shape index (κ2) is 6.22. The number of thioether (sulfide) groups is 1. The van der Waals surface area contributed by atoms with E-state index in [9.17, 15) is 4.79 Å². The Morgan fingerprint density at radius 2 is 2.24 bits per heavy atom. The van der Waals surface area contributed by atoms with E-state index in [-0.39, 0.29) is 5.91 Å². The van der Waals surface area contributed by atoms with Crippen LogP contribution in [0.15, 0.2) is 41.7 Å². The van der Waals surface area contributed by atoms with Crippen LogP contribution >= 0.6 is 11.8 Å². The highest BCUT2D eigenvalue weighted by Gasteiger charge is 2.25. The second-order valence-electron chi connectivity index (χ2n) is 5.13. The highest BCUT2D eigenvalue weighted by molar-refractivity contribution is 8.00. The number of imidazole rings is 1. The summed E-state index contributed by atoms with van der Waals surface area (Å²) < 4.78 is 2.24. The molecule has 1 aromatic carbocycles. The molecule has 1 heterocycles. The number of aromatic nitrogens is 2. The van der Waals surface area contributed by atoms with Crippen molar-refractivity contribution in [2.45, 2.75) is 30.3 Å². The van der Waals surface area contributed by atoms with E-state index >= 15 is 0 Å². The van der Waals surface area contributed by atoms with Gasteiger partial charge in [0.2, 0.25) is 5.91 Å². The SMILES string of the molecule is NC(=O)CSc1ccccc1NCc1cncn1C1CC1. The number of nitrogens with two attached hydrogens (primary N) is 1. The third-order valence-corrected chi connectivity index (χ3v) is 4.50. The van der Waals surface area contributed by atoms with E-state index in [0.717, 1.165) is 17.1 Å². The van der Waals surface area contributed by atoms with E-state index in [0.29, 0.717) is 11.8 Å². The number of hydrogen-bond acceptors (Lipinski definition) is 4. The van der Waals surface area contributed by atoms with Gasteiger partial charge in [0.05, 0.1) is 24.3 Å². The summed E-state index contributed by atoms with van der Waals surface area (Å²) in [7, 11) is 0. The van der Waals surface area contributed by atoms with Crippen LogP contribution in [-0.2, 0) is 11.3 Å². The molecule has 3 rings (SSSR count). The lowest BCUT2D eigenvalue weighted by Gasteiger charge is -2.12. The van der Waals surface area contributed by atoms with Crippen LogP contribution in [0.3, 0.4) is 0 Å². The molecule has 5 nitrogen and oxygen atoms in total. The average Bonchev–Trinajstić information content (AvgIpc) is 3.22. The van der Waals surface area contributed by atoms with Crippen molar-refractivity contribution in [3.8, 4) is 0 Å². The van der Waals surface area contributed by atoms with Gasteiger partial charge in [-0.25, -0.2) is 4.98 Å². The monoisotopic (exact) mass is 302 g/mol. The predicted octanol–water partition coefficient (Wildman–Crippen LogP) is 2.41. The topological polar surface area (TPSA) is 72.9 Å². The van der Waals surface area contributed by atoms with Crippen molar-refractivity contribution in [1.29, 1.82) is 0 Å². The first-order valence-electron chi connectivity index (χ1n) is 6.99. The first-order chi connectivity index (χ1) is 10.2. The van der Waals surface area contributed by atoms with Gasteiger partial charge in [0, 0.05) is 22.8 Å². The zero-order valence-electron chi connectivity index (χ0n) is 11.7. The van der Waals surface area contributed by atoms with Crippen molar-refractivity contribution < 1.29 is 4.79 Å². The van der Waals surface area contributed by atoms with E-state index in [1.54, 1.807) is 0 Å². The van der Waals surface area contributed by atoms with E-state index in [1.807, 2.05) is 36.8 Å². The first kappa shape index (κ1) is 14.0. The summed E-state index contributed by atoms with van der Waals surface area (Å²) in [6.45, 7) is 0.727. The lowest BCUT2D eigenvalue weighted by Crippen LogP contribution is -2.13. The van der Waals surface area contributed by atoms with Crippen molar-refractivity contribution in [2.75, 3.05) is 11.1 Å². The number of carbonyl (C=O) groups excluding carboxylic acids is 1. The zero-order chi connectivity index (χ0) is 14.7. The number of carbonyl (C=O) groups is 1. The van der Waals surface area contributed by atoms with E-state index < -0.39 is 0 Å². The number of nitrogens with zero attached hydrogens (tertiary/aromatic N) is 2. The summed E-state index contributed by atoms with van der Waals surface area (Å²) in [6.07, 6.45) is 6.30. The van der Waals surface area contributed by atoms with Crippen LogP contribution in [-0.4, -0.2) is 21.2 Å². The van der Waals surface area contributed by atoms with Gasteiger partial charge in [0.25, 0.3) is 0 Å². The van der Waals surface area contributed by atoms with Gasteiger partial charge < -0.3 is 15.6 Å². The number of nitrogens with one attached hydrogen (secondary N) is 1. The maximum atomic E-state index is 10.9. The molecule has 110 valence electrons. The zero-order valence-corrected chi connectivity index (χ0v) is 12.5. The van der Waals surface area contributed by atoms with Gasteiger partial charge in [-0.1, -0.05) is 12.1 Å².